The molecule has 1 aliphatic rings. The minimum absolute atomic E-state index is 0.0699. The van der Waals surface area contributed by atoms with Crippen LogP contribution in [0.2, 0.25) is 5.02 Å². The molecule has 0 bridgehead atoms. The number of phenolic OH excluding ortho intramolecular Hbond substituents is 2. The third-order valence-corrected chi connectivity index (χ3v) is 7.08. The molecule has 0 saturated carbocycles. The molecule has 1 aromatic heterocycles. The Kier molecular flexibility index (Phi) is 8.77. The fraction of sp³-hybridized carbons (Fsp3) is 0.233. The molecule has 12 nitrogen and oxygen atoms in total. The summed E-state index contributed by atoms with van der Waals surface area (Å²) in [4.78, 5) is 30.5. The summed E-state index contributed by atoms with van der Waals surface area (Å²) in [5.74, 6) is 0.568. The molecule has 2 amide bonds. The number of aliphatic imine (C=N–C) groups is 1. The molecular weight excluding hydrogens is 574 g/mol. The molecule has 5 N–H and O–H groups in total. The van der Waals surface area contributed by atoms with E-state index in [0.29, 0.717) is 40.4 Å². The minimum Gasteiger partial charge on any atom is -0.504 e. The van der Waals surface area contributed by atoms with E-state index in [1.54, 1.807) is 25.3 Å². The van der Waals surface area contributed by atoms with E-state index >= 15 is 0 Å². The Morgan fingerprint density at radius 2 is 1.74 bits per heavy atom. The number of aromatic nitrogens is 3. The normalized spacial score (nSPS) is 13.7. The predicted octanol–water partition coefficient (Wildman–Crippen LogP) is 3.28. The van der Waals surface area contributed by atoms with Gasteiger partial charge in [-0.2, -0.15) is 0 Å². The minimum atomic E-state index is -0.695. The number of amides is 2. The van der Waals surface area contributed by atoms with Crippen LogP contribution in [0.4, 0.5) is 5.69 Å². The molecule has 0 spiro atoms. The van der Waals surface area contributed by atoms with Gasteiger partial charge < -0.3 is 30.9 Å². The third-order valence-electron chi connectivity index (χ3n) is 6.83. The van der Waals surface area contributed by atoms with E-state index in [0.717, 1.165) is 16.8 Å². The molecule has 0 saturated heterocycles. The summed E-state index contributed by atoms with van der Waals surface area (Å²) < 4.78 is 7.38. The Labute approximate surface area is 252 Å². The number of ether oxygens (including phenoxy) is 1. The topological polar surface area (TPSA) is 163 Å². The number of carbonyl (C=O) groups is 2. The molecule has 0 fully saturated rings. The van der Waals surface area contributed by atoms with E-state index < -0.39 is 6.04 Å². The van der Waals surface area contributed by atoms with Crippen LogP contribution in [0.25, 0.3) is 5.69 Å². The van der Waals surface area contributed by atoms with Crippen molar-refractivity contribution in [3.8, 4) is 22.9 Å². The second-order valence-electron chi connectivity index (χ2n) is 9.79. The maximum Gasteiger partial charge on any atom is 0.239 e. The summed E-state index contributed by atoms with van der Waals surface area (Å²) in [7, 11) is 1.59. The predicted molar refractivity (Wildman–Crippen MR) is 161 cm³/mol. The molecule has 5 rings (SSSR count). The monoisotopic (exact) mass is 603 g/mol. The lowest BCUT2D eigenvalue weighted by Crippen LogP contribution is -2.39. The number of carbonyl (C=O) groups excluding carboxylic acids is 2. The molecule has 4 aromatic rings. The summed E-state index contributed by atoms with van der Waals surface area (Å²) in [5, 5.41) is 36.6. The molecule has 0 radical (unpaired) electrons. The fourth-order valence-corrected chi connectivity index (χ4v) is 4.83. The highest BCUT2D eigenvalue weighted by Crippen LogP contribution is 2.34. The number of hydrogen-bond donors (Lipinski definition) is 5. The fourth-order valence-electron chi connectivity index (χ4n) is 4.71. The van der Waals surface area contributed by atoms with Gasteiger partial charge in [0.1, 0.15) is 17.6 Å². The number of rotatable bonds is 10. The van der Waals surface area contributed by atoms with E-state index in [2.05, 4.69) is 26.1 Å². The van der Waals surface area contributed by atoms with Crippen LogP contribution in [0.5, 0.6) is 17.2 Å². The molecule has 3 aromatic carbocycles. The SMILES string of the molecule is COc1ccc2c(c1)C(c1ccc(Cl)cc1)=NC(CC(=O)NCC(=O)NCCNc1ccc(O)c(O)c1)c1nnc(C)n1-2. The number of nitrogens with one attached hydrogen (secondary N) is 3. The van der Waals surface area contributed by atoms with E-state index in [1.807, 2.05) is 41.8 Å². The number of phenols is 2. The number of methoxy groups -OCH3 is 1. The van der Waals surface area contributed by atoms with Crippen LogP contribution < -0.4 is 20.7 Å². The molecule has 1 unspecified atom stereocenters. The van der Waals surface area contributed by atoms with Crippen molar-refractivity contribution in [2.45, 2.75) is 19.4 Å². The van der Waals surface area contributed by atoms with Gasteiger partial charge in [0.05, 0.1) is 31.5 Å². The summed E-state index contributed by atoms with van der Waals surface area (Å²) in [6.45, 7) is 2.26. The lowest BCUT2D eigenvalue weighted by Gasteiger charge is -2.14. The zero-order valence-corrected chi connectivity index (χ0v) is 24.2. The first-order valence-corrected chi connectivity index (χ1v) is 13.8. The van der Waals surface area contributed by atoms with Crippen molar-refractivity contribution in [3.05, 3.63) is 88.5 Å². The van der Waals surface area contributed by atoms with E-state index in [-0.39, 0.29) is 42.8 Å². The quantitative estimate of drug-likeness (QED) is 0.105. The molecular formula is C30H30ClN7O5. The van der Waals surface area contributed by atoms with E-state index in [1.165, 1.54) is 12.1 Å². The molecule has 43 heavy (non-hydrogen) atoms. The first-order chi connectivity index (χ1) is 20.7. The zero-order chi connectivity index (χ0) is 30.5. The van der Waals surface area contributed by atoms with Crippen molar-refractivity contribution in [2.75, 3.05) is 32.1 Å². The Balaban J connectivity index is 1.28. The number of benzene rings is 3. The van der Waals surface area contributed by atoms with Gasteiger partial charge in [-0.25, -0.2) is 0 Å². The number of aryl methyl sites for hydroxylation is 1. The summed E-state index contributed by atoms with van der Waals surface area (Å²) in [6, 6.07) is 16.6. The van der Waals surface area contributed by atoms with Crippen molar-refractivity contribution in [3.63, 3.8) is 0 Å². The van der Waals surface area contributed by atoms with Gasteiger partial charge in [-0.1, -0.05) is 23.7 Å². The average Bonchev–Trinajstić information content (AvgIpc) is 3.33. The average molecular weight is 604 g/mol. The van der Waals surface area contributed by atoms with Crippen LogP contribution in [0, 0.1) is 6.92 Å². The molecule has 222 valence electrons. The van der Waals surface area contributed by atoms with Gasteiger partial charge >= 0.3 is 0 Å². The Morgan fingerprint density at radius 3 is 2.49 bits per heavy atom. The molecule has 2 heterocycles. The first kappa shape index (κ1) is 29.4. The van der Waals surface area contributed by atoms with Crippen LogP contribution >= 0.6 is 11.6 Å². The highest BCUT2D eigenvalue weighted by atomic mass is 35.5. The maximum absolute atomic E-state index is 13.1. The van der Waals surface area contributed by atoms with Gasteiger partial charge in [0, 0.05) is 41.0 Å². The molecule has 0 aliphatic carbocycles. The van der Waals surface area contributed by atoms with Gasteiger partial charge in [0.15, 0.2) is 17.3 Å². The smallest absolute Gasteiger partial charge is 0.239 e. The summed E-state index contributed by atoms with van der Waals surface area (Å²) in [5.41, 5.74) is 3.61. The van der Waals surface area contributed by atoms with Gasteiger partial charge in [-0.3, -0.25) is 19.1 Å². The Hall–Kier alpha value is -5.10. The van der Waals surface area contributed by atoms with Crippen LogP contribution in [-0.4, -0.2) is 69.2 Å². The summed E-state index contributed by atoms with van der Waals surface area (Å²) >= 11 is 6.15. The molecule has 1 atom stereocenters. The maximum atomic E-state index is 13.1. The highest BCUT2D eigenvalue weighted by molar-refractivity contribution is 6.30. The standard InChI is InChI=1S/C30H30ClN7O5/c1-17-36-37-30-23(15-27(41)34-16-28(42)33-12-11-32-20-7-10-25(39)26(40)13-20)35-29(18-3-5-19(31)6-4-18)22-14-21(43-2)8-9-24(22)38(17)30/h3-10,13-14,23,32,39-40H,11-12,15-16H2,1-2H3,(H,33,42)(H,34,41). The third kappa shape index (κ3) is 6.70. The Bertz CT molecular complexity index is 1690. The van der Waals surface area contributed by atoms with Crippen LogP contribution in [0.1, 0.15) is 35.2 Å². The zero-order valence-electron chi connectivity index (χ0n) is 23.5. The number of aromatic hydroxyl groups is 2. The van der Waals surface area contributed by atoms with Crippen molar-refractivity contribution in [1.82, 2.24) is 25.4 Å². The largest absolute Gasteiger partial charge is 0.504 e. The number of fused-ring (bicyclic) bond motifs is 3. The van der Waals surface area contributed by atoms with Crippen molar-refractivity contribution >= 4 is 34.8 Å². The van der Waals surface area contributed by atoms with E-state index in [9.17, 15) is 19.8 Å². The molecule has 1 aliphatic heterocycles. The number of anilines is 1. The first-order valence-electron chi connectivity index (χ1n) is 13.5. The van der Waals surface area contributed by atoms with Gasteiger partial charge in [-0.15, -0.1) is 10.2 Å². The van der Waals surface area contributed by atoms with Gasteiger partial charge in [0.2, 0.25) is 11.8 Å². The summed E-state index contributed by atoms with van der Waals surface area (Å²) in [6.07, 6.45) is -0.0699. The van der Waals surface area contributed by atoms with Crippen molar-refractivity contribution in [1.29, 1.82) is 0 Å². The molecule has 13 heteroatoms. The lowest BCUT2D eigenvalue weighted by atomic mass is 10.00. The van der Waals surface area contributed by atoms with Crippen molar-refractivity contribution < 1.29 is 24.5 Å². The number of nitrogens with zero attached hydrogens (tertiary/aromatic N) is 4. The van der Waals surface area contributed by atoms with Gasteiger partial charge in [-0.05, 0) is 49.4 Å². The van der Waals surface area contributed by atoms with Gasteiger partial charge in [0.25, 0.3) is 0 Å². The lowest BCUT2D eigenvalue weighted by molar-refractivity contribution is -0.126. The second kappa shape index (κ2) is 12.8. The van der Waals surface area contributed by atoms with Crippen molar-refractivity contribution in [2.24, 2.45) is 4.99 Å². The van der Waals surface area contributed by atoms with Crippen LogP contribution in [0.3, 0.4) is 0 Å². The second-order valence-corrected chi connectivity index (χ2v) is 10.2. The van der Waals surface area contributed by atoms with Crippen LogP contribution in [-0.2, 0) is 9.59 Å². The highest BCUT2D eigenvalue weighted by Gasteiger charge is 2.30. The number of halogens is 1. The van der Waals surface area contributed by atoms with E-state index in [4.69, 9.17) is 21.3 Å². The Morgan fingerprint density at radius 1 is 0.953 bits per heavy atom. The number of hydrogen-bond acceptors (Lipinski definition) is 9. The van der Waals surface area contributed by atoms with Crippen LogP contribution in [0.15, 0.2) is 65.7 Å².